The Morgan fingerprint density at radius 3 is 2.61 bits per heavy atom. The summed E-state index contributed by atoms with van der Waals surface area (Å²) in [6, 6.07) is 0.157. The van der Waals surface area contributed by atoms with E-state index in [0.29, 0.717) is 5.92 Å². The van der Waals surface area contributed by atoms with E-state index in [1.807, 2.05) is 12.4 Å². The fraction of sp³-hybridized carbons (Fsp3) is 0.786. The number of nitrogens with one attached hydrogen (secondary N) is 1. The largest absolute Gasteiger partial charge is 0.379 e. The highest BCUT2D eigenvalue weighted by atomic mass is 16.5. The number of imidazole rings is 1. The van der Waals surface area contributed by atoms with Crippen LogP contribution in [0.5, 0.6) is 0 Å². The molecule has 0 aromatic carbocycles. The Kier molecular flexibility index (Phi) is 6.36. The number of aromatic nitrogens is 2. The van der Waals surface area contributed by atoms with Crippen LogP contribution in [-0.2, 0) is 11.3 Å². The molecule has 1 rings (SSSR count). The molecule has 4 nitrogen and oxygen atoms in total. The van der Waals surface area contributed by atoms with Crippen LogP contribution in [0.3, 0.4) is 0 Å². The molecule has 0 radical (unpaired) electrons. The molecule has 0 aliphatic carbocycles. The molecule has 0 aliphatic rings. The van der Waals surface area contributed by atoms with Crippen LogP contribution in [0.1, 0.15) is 46.0 Å². The maximum absolute atomic E-state index is 5.68. The zero-order valence-electron chi connectivity index (χ0n) is 12.3. The minimum absolute atomic E-state index is 0.143. The highest BCUT2D eigenvalue weighted by Gasteiger charge is 2.28. The molecule has 1 aromatic rings. The molecule has 2 unspecified atom stereocenters. The molecule has 0 spiro atoms. The normalized spacial score (nSPS) is 15.0. The molecule has 0 aliphatic heterocycles. The van der Waals surface area contributed by atoms with Crippen molar-refractivity contribution in [1.82, 2.24) is 14.9 Å². The van der Waals surface area contributed by atoms with Gasteiger partial charge in [0.05, 0.1) is 12.1 Å². The van der Waals surface area contributed by atoms with Crippen molar-refractivity contribution in [3.63, 3.8) is 0 Å². The van der Waals surface area contributed by atoms with E-state index in [1.54, 1.807) is 7.11 Å². The summed E-state index contributed by atoms with van der Waals surface area (Å²) in [6.45, 7) is 10.6. The number of rotatable bonds is 8. The van der Waals surface area contributed by atoms with E-state index in [-0.39, 0.29) is 12.1 Å². The fourth-order valence-electron chi connectivity index (χ4n) is 2.31. The highest BCUT2D eigenvalue weighted by molar-refractivity contribution is 5.03. The maximum atomic E-state index is 5.68. The summed E-state index contributed by atoms with van der Waals surface area (Å²) in [4.78, 5) is 4.51. The molecule has 1 aromatic heterocycles. The van der Waals surface area contributed by atoms with Gasteiger partial charge in [0, 0.05) is 26.0 Å². The lowest BCUT2D eigenvalue weighted by Crippen LogP contribution is -2.38. The molecule has 0 saturated heterocycles. The van der Waals surface area contributed by atoms with Gasteiger partial charge in [0.15, 0.2) is 0 Å². The Bertz CT molecular complexity index is 336. The SMILES string of the molecule is CCCNC(c1nccn1CC)C(OC)C(C)C. The Balaban J connectivity index is 2.96. The Morgan fingerprint density at radius 2 is 2.11 bits per heavy atom. The summed E-state index contributed by atoms with van der Waals surface area (Å²) >= 11 is 0. The molecular formula is C14H27N3O. The molecule has 104 valence electrons. The van der Waals surface area contributed by atoms with Crippen molar-refractivity contribution in [2.75, 3.05) is 13.7 Å². The first-order valence-corrected chi connectivity index (χ1v) is 6.92. The Morgan fingerprint density at radius 1 is 1.39 bits per heavy atom. The molecule has 2 atom stereocenters. The second-order valence-electron chi connectivity index (χ2n) is 4.95. The van der Waals surface area contributed by atoms with Crippen molar-refractivity contribution in [2.24, 2.45) is 5.92 Å². The zero-order valence-corrected chi connectivity index (χ0v) is 12.3. The fourth-order valence-corrected chi connectivity index (χ4v) is 2.31. The molecule has 0 saturated carbocycles. The van der Waals surface area contributed by atoms with Crippen molar-refractivity contribution >= 4 is 0 Å². The maximum Gasteiger partial charge on any atom is 0.128 e. The van der Waals surface area contributed by atoms with Crippen molar-refractivity contribution in [1.29, 1.82) is 0 Å². The highest BCUT2D eigenvalue weighted by Crippen LogP contribution is 2.23. The minimum atomic E-state index is 0.143. The van der Waals surface area contributed by atoms with Crippen LogP contribution in [0.2, 0.25) is 0 Å². The molecule has 1 N–H and O–H groups in total. The summed E-state index contributed by atoms with van der Waals surface area (Å²) in [6.07, 6.45) is 5.15. The van der Waals surface area contributed by atoms with Gasteiger partial charge in [-0.25, -0.2) is 4.98 Å². The van der Waals surface area contributed by atoms with Crippen LogP contribution in [-0.4, -0.2) is 29.3 Å². The average Bonchev–Trinajstić information content (AvgIpc) is 2.81. The predicted octanol–water partition coefficient (Wildman–Crippen LogP) is 2.61. The summed E-state index contributed by atoms with van der Waals surface area (Å²) in [5.74, 6) is 1.53. The summed E-state index contributed by atoms with van der Waals surface area (Å²) in [7, 11) is 1.78. The van der Waals surface area contributed by atoms with Crippen molar-refractivity contribution in [2.45, 2.75) is 52.8 Å². The minimum Gasteiger partial charge on any atom is -0.379 e. The lowest BCUT2D eigenvalue weighted by molar-refractivity contribution is 0.0292. The zero-order chi connectivity index (χ0) is 13.5. The number of nitrogens with zero attached hydrogens (tertiary/aromatic N) is 2. The molecule has 0 bridgehead atoms. The van der Waals surface area contributed by atoms with E-state index in [2.05, 4.69) is 42.6 Å². The number of methoxy groups -OCH3 is 1. The summed E-state index contributed by atoms with van der Waals surface area (Å²) in [5.41, 5.74) is 0. The molecule has 4 heteroatoms. The van der Waals surface area contributed by atoms with Crippen molar-refractivity contribution < 1.29 is 4.74 Å². The number of aryl methyl sites for hydroxylation is 1. The number of hydrogen-bond donors (Lipinski definition) is 1. The predicted molar refractivity (Wildman–Crippen MR) is 74.6 cm³/mol. The first kappa shape index (κ1) is 15.2. The topological polar surface area (TPSA) is 39.1 Å². The van der Waals surface area contributed by atoms with E-state index in [1.165, 1.54) is 0 Å². The van der Waals surface area contributed by atoms with Gasteiger partial charge in [-0.2, -0.15) is 0 Å². The van der Waals surface area contributed by atoms with E-state index < -0.39 is 0 Å². The lowest BCUT2D eigenvalue weighted by Gasteiger charge is -2.29. The molecular weight excluding hydrogens is 226 g/mol. The smallest absolute Gasteiger partial charge is 0.128 e. The first-order valence-electron chi connectivity index (χ1n) is 6.92. The van der Waals surface area contributed by atoms with Gasteiger partial charge in [0.1, 0.15) is 5.82 Å². The van der Waals surface area contributed by atoms with E-state index >= 15 is 0 Å². The second kappa shape index (κ2) is 7.54. The van der Waals surface area contributed by atoms with Gasteiger partial charge in [0.25, 0.3) is 0 Å². The molecule has 1 heterocycles. The standard InChI is InChI=1S/C14H27N3O/c1-6-8-15-12(13(18-5)11(3)4)14-16-9-10-17(14)7-2/h9-13,15H,6-8H2,1-5H3. The van der Waals surface area contributed by atoms with E-state index in [9.17, 15) is 0 Å². The van der Waals surface area contributed by atoms with Crippen LogP contribution >= 0.6 is 0 Å². The van der Waals surface area contributed by atoms with Gasteiger partial charge in [0.2, 0.25) is 0 Å². The van der Waals surface area contributed by atoms with Crippen LogP contribution in [0.4, 0.5) is 0 Å². The van der Waals surface area contributed by atoms with Gasteiger partial charge in [-0.05, 0) is 25.8 Å². The molecule has 18 heavy (non-hydrogen) atoms. The van der Waals surface area contributed by atoms with Crippen LogP contribution in [0, 0.1) is 5.92 Å². The Hall–Kier alpha value is -0.870. The van der Waals surface area contributed by atoms with Crippen LogP contribution in [0.25, 0.3) is 0 Å². The third-order valence-corrected chi connectivity index (χ3v) is 3.24. The molecule has 0 amide bonds. The van der Waals surface area contributed by atoms with Crippen LogP contribution in [0.15, 0.2) is 12.4 Å². The number of hydrogen-bond acceptors (Lipinski definition) is 3. The van der Waals surface area contributed by atoms with Crippen molar-refractivity contribution in [3.05, 3.63) is 18.2 Å². The first-order chi connectivity index (χ1) is 8.65. The van der Waals surface area contributed by atoms with Gasteiger partial charge in [-0.1, -0.05) is 20.8 Å². The lowest BCUT2D eigenvalue weighted by atomic mass is 9.98. The average molecular weight is 253 g/mol. The van der Waals surface area contributed by atoms with E-state index in [0.717, 1.165) is 25.3 Å². The van der Waals surface area contributed by atoms with Gasteiger partial charge >= 0.3 is 0 Å². The second-order valence-corrected chi connectivity index (χ2v) is 4.95. The number of ether oxygens (including phenoxy) is 1. The quantitative estimate of drug-likeness (QED) is 0.774. The summed E-state index contributed by atoms with van der Waals surface area (Å²) < 4.78 is 7.86. The third-order valence-electron chi connectivity index (χ3n) is 3.24. The van der Waals surface area contributed by atoms with Gasteiger partial charge in [-0.15, -0.1) is 0 Å². The molecule has 0 fully saturated rings. The van der Waals surface area contributed by atoms with Gasteiger partial charge < -0.3 is 14.6 Å². The van der Waals surface area contributed by atoms with Crippen LogP contribution < -0.4 is 5.32 Å². The van der Waals surface area contributed by atoms with Gasteiger partial charge in [-0.3, -0.25) is 0 Å². The van der Waals surface area contributed by atoms with E-state index in [4.69, 9.17) is 4.74 Å². The third kappa shape index (κ3) is 3.56. The summed E-state index contributed by atoms with van der Waals surface area (Å²) in [5, 5.41) is 3.57. The Labute approximate surface area is 111 Å². The van der Waals surface area contributed by atoms with Crippen molar-refractivity contribution in [3.8, 4) is 0 Å². The monoisotopic (exact) mass is 253 g/mol.